The molecule has 104 valence electrons. The zero-order chi connectivity index (χ0) is 13.2. The summed E-state index contributed by atoms with van der Waals surface area (Å²) in [4.78, 5) is 20.7. The van der Waals surface area contributed by atoms with Crippen LogP contribution in [-0.2, 0) is 0 Å². The number of piperazine rings is 1. The quantitative estimate of drug-likeness (QED) is 0.616. The highest BCUT2D eigenvalue weighted by Gasteiger charge is 2.27. The van der Waals surface area contributed by atoms with Gasteiger partial charge in [0.15, 0.2) is 10.9 Å². The van der Waals surface area contributed by atoms with E-state index in [2.05, 4.69) is 14.8 Å². The number of carbonyl (C=O) groups excluding carboxylic acids is 1. The van der Waals surface area contributed by atoms with Gasteiger partial charge < -0.3 is 4.90 Å². The number of Topliss-reactive ketones (excluding diaryl/α,β-unsaturated/α-hetero) is 1. The van der Waals surface area contributed by atoms with E-state index in [1.54, 1.807) is 11.3 Å². The molecule has 3 rings (SSSR count). The predicted octanol–water partition coefficient (Wildman–Crippen LogP) is 2.10. The summed E-state index contributed by atoms with van der Waals surface area (Å²) in [5, 5.41) is 2.77. The minimum atomic E-state index is -0.0865. The summed E-state index contributed by atoms with van der Waals surface area (Å²) < 4.78 is 0. The maximum absolute atomic E-state index is 11.5. The van der Waals surface area contributed by atoms with Crippen LogP contribution < -0.4 is 4.90 Å². The van der Waals surface area contributed by atoms with Crippen LogP contribution in [0.15, 0.2) is 5.38 Å². The van der Waals surface area contributed by atoms with Crippen LogP contribution in [0, 0.1) is 5.92 Å². The van der Waals surface area contributed by atoms with Gasteiger partial charge in [0, 0.05) is 38.1 Å². The van der Waals surface area contributed by atoms with Crippen LogP contribution in [0.1, 0.15) is 23.3 Å². The number of alkyl halides is 1. The smallest absolute Gasteiger partial charge is 0.196 e. The van der Waals surface area contributed by atoms with Crippen LogP contribution in [-0.4, -0.2) is 54.3 Å². The highest BCUT2D eigenvalue weighted by atomic mass is 35.5. The Balaban J connectivity index is 1.55. The Labute approximate surface area is 122 Å². The average Bonchev–Trinajstić information content (AvgIpc) is 3.12. The lowest BCUT2D eigenvalue weighted by molar-refractivity contribution is 0.101. The topological polar surface area (TPSA) is 36.4 Å². The van der Waals surface area contributed by atoms with Gasteiger partial charge in [0.1, 0.15) is 5.69 Å². The Bertz CT molecular complexity index is 452. The first kappa shape index (κ1) is 13.3. The summed E-state index contributed by atoms with van der Waals surface area (Å²) >= 11 is 7.09. The van der Waals surface area contributed by atoms with E-state index < -0.39 is 0 Å². The Morgan fingerprint density at radius 1 is 1.37 bits per heavy atom. The number of carbonyl (C=O) groups is 1. The molecule has 2 fully saturated rings. The number of rotatable bonds is 5. The van der Waals surface area contributed by atoms with E-state index in [1.807, 2.05) is 5.38 Å². The van der Waals surface area contributed by atoms with Crippen molar-refractivity contribution in [2.24, 2.45) is 5.92 Å². The SMILES string of the molecule is O=C(CCl)c1csc(N2CCN(CC3CC3)CC2)n1. The molecule has 0 atom stereocenters. The molecule has 19 heavy (non-hydrogen) atoms. The summed E-state index contributed by atoms with van der Waals surface area (Å²) in [7, 11) is 0. The number of aromatic nitrogens is 1. The van der Waals surface area contributed by atoms with Crippen molar-refractivity contribution in [2.75, 3.05) is 43.5 Å². The van der Waals surface area contributed by atoms with Crippen LogP contribution in [0.2, 0.25) is 0 Å². The van der Waals surface area contributed by atoms with E-state index in [1.165, 1.54) is 19.4 Å². The lowest BCUT2D eigenvalue weighted by atomic mass is 10.3. The van der Waals surface area contributed by atoms with Crippen molar-refractivity contribution in [1.82, 2.24) is 9.88 Å². The number of ketones is 1. The lowest BCUT2D eigenvalue weighted by Gasteiger charge is -2.34. The normalized spacial score (nSPS) is 20.8. The Kier molecular flexibility index (Phi) is 4.05. The molecule has 1 aromatic heterocycles. The van der Waals surface area contributed by atoms with E-state index in [4.69, 9.17) is 11.6 Å². The van der Waals surface area contributed by atoms with Crippen LogP contribution in [0.25, 0.3) is 0 Å². The number of nitrogens with zero attached hydrogens (tertiary/aromatic N) is 3. The molecule has 4 nitrogen and oxygen atoms in total. The van der Waals surface area contributed by atoms with Gasteiger partial charge in [-0.15, -0.1) is 22.9 Å². The molecule has 0 bridgehead atoms. The third-order valence-corrected chi connectivity index (χ3v) is 4.90. The molecule has 1 saturated carbocycles. The molecule has 1 saturated heterocycles. The molecule has 0 radical (unpaired) electrons. The lowest BCUT2D eigenvalue weighted by Crippen LogP contribution is -2.47. The standard InChI is InChI=1S/C13H18ClN3OS/c14-7-12(18)11-9-19-13(15-11)17-5-3-16(4-6-17)8-10-1-2-10/h9-10H,1-8H2. The summed E-state index contributed by atoms with van der Waals surface area (Å²) in [6.07, 6.45) is 2.83. The first-order valence-electron chi connectivity index (χ1n) is 6.78. The third kappa shape index (κ3) is 3.27. The van der Waals surface area contributed by atoms with Crippen molar-refractivity contribution in [3.8, 4) is 0 Å². The van der Waals surface area contributed by atoms with Crippen LogP contribution in [0.4, 0.5) is 5.13 Å². The van der Waals surface area contributed by atoms with Crippen molar-refractivity contribution < 1.29 is 4.79 Å². The molecule has 1 aliphatic heterocycles. The molecule has 0 amide bonds. The molecule has 0 unspecified atom stereocenters. The van der Waals surface area contributed by atoms with E-state index in [-0.39, 0.29) is 11.7 Å². The second-order valence-electron chi connectivity index (χ2n) is 5.30. The van der Waals surface area contributed by atoms with Gasteiger partial charge >= 0.3 is 0 Å². The van der Waals surface area contributed by atoms with Crippen molar-refractivity contribution in [3.63, 3.8) is 0 Å². The molecule has 1 aromatic rings. The highest BCUT2D eigenvalue weighted by Crippen LogP contribution is 2.30. The fourth-order valence-corrected chi connectivity index (χ4v) is 3.41. The number of thiazole rings is 1. The first-order valence-corrected chi connectivity index (χ1v) is 8.19. The fraction of sp³-hybridized carbons (Fsp3) is 0.692. The Morgan fingerprint density at radius 3 is 2.74 bits per heavy atom. The summed E-state index contributed by atoms with van der Waals surface area (Å²) in [5.74, 6) is 0.883. The number of anilines is 1. The third-order valence-electron chi connectivity index (χ3n) is 3.76. The monoisotopic (exact) mass is 299 g/mol. The molecule has 0 aromatic carbocycles. The maximum Gasteiger partial charge on any atom is 0.196 e. The molecule has 0 spiro atoms. The van der Waals surface area contributed by atoms with Gasteiger partial charge in [0.2, 0.25) is 0 Å². The molecule has 0 N–H and O–H groups in total. The van der Waals surface area contributed by atoms with Gasteiger partial charge in [-0.1, -0.05) is 0 Å². The van der Waals surface area contributed by atoms with Gasteiger partial charge in [-0.3, -0.25) is 9.69 Å². The van der Waals surface area contributed by atoms with E-state index in [0.717, 1.165) is 37.2 Å². The van der Waals surface area contributed by atoms with Gasteiger partial charge in [-0.05, 0) is 18.8 Å². The van der Waals surface area contributed by atoms with Gasteiger partial charge in [-0.2, -0.15) is 0 Å². The number of halogens is 1. The second kappa shape index (κ2) is 5.77. The molecule has 1 aliphatic carbocycles. The van der Waals surface area contributed by atoms with E-state index >= 15 is 0 Å². The number of hydrogen-bond acceptors (Lipinski definition) is 5. The summed E-state index contributed by atoms with van der Waals surface area (Å²) in [6, 6.07) is 0. The Morgan fingerprint density at radius 2 is 2.11 bits per heavy atom. The summed E-state index contributed by atoms with van der Waals surface area (Å²) in [6.45, 7) is 5.49. The van der Waals surface area contributed by atoms with E-state index in [0.29, 0.717) is 5.69 Å². The van der Waals surface area contributed by atoms with Crippen molar-refractivity contribution in [1.29, 1.82) is 0 Å². The zero-order valence-corrected chi connectivity index (χ0v) is 12.4. The average molecular weight is 300 g/mol. The maximum atomic E-state index is 11.5. The first-order chi connectivity index (χ1) is 9.26. The van der Waals surface area contributed by atoms with E-state index in [9.17, 15) is 4.79 Å². The van der Waals surface area contributed by atoms with Crippen molar-refractivity contribution in [3.05, 3.63) is 11.1 Å². The summed E-state index contributed by atoms with van der Waals surface area (Å²) in [5.41, 5.74) is 0.510. The minimum absolute atomic E-state index is 0.0122. The molecule has 2 aliphatic rings. The highest BCUT2D eigenvalue weighted by molar-refractivity contribution is 7.14. The van der Waals surface area contributed by atoms with Gasteiger partial charge in [0.25, 0.3) is 0 Å². The van der Waals surface area contributed by atoms with Crippen molar-refractivity contribution >= 4 is 33.9 Å². The zero-order valence-electron chi connectivity index (χ0n) is 10.8. The number of hydrogen-bond donors (Lipinski definition) is 0. The van der Waals surface area contributed by atoms with Crippen LogP contribution in [0.3, 0.4) is 0 Å². The second-order valence-corrected chi connectivity index (χ2v) is 6.41. The van der Waals surface area contributed by atoms with Gasteiger partial charge in [-0.25, -0.2) is 4.98 Å². The van der Waals surface area contributed by atoms with Crippen molar-refractivity contribution in [2.45, 2.75) is 12.8 Å². The molecule has 6 heteroatoms. The Hall–Kier alpha value is -0.650. The predicted molar refractivity (Wildman–Crippen MR) is 78.5 cm³/mol. The molecule has 2 heterocycles. The minimum Gasteiger partial charge on any atom is -0.346 e. The van der Waals surface area contributed by atoms with Crippen LogP contribution >= 0.6 is 22.9 Å². The molecular weight excluding hydrogens is 282 g/mol. The fourth-order valence-electron chi connectivity index (χ4n) is 2.39. The van der Waals surface area contributed by atoms with Crippen LogP contribution in [0.5, 0.6) is 0 Å². The molecular formula is C13H18ClN3OS. The largest absolute Gasteiger partial charge is 0.346 e. The van der Waals surface area contributed by atoms with Gasteiger partial charge in [0.05, 0.1) is 5.88 Å².